The summed E-state index contributed by atoms with van der Waals surface area (Å²) in [6.07, 6.45) is 1.82. The molecular weight excluding hydrogens is 238 g/mol. The summed E-state index contributed by atoms with van der Waals surface area (Å²) in [6.45, 7) is 5.78. The largest absolute Gasteiger partial charge is 0.392 e. The average Bonchev–Trinajstić information content (AvgIpc) is 2.34. The van der Waals surface area contributed by atoms with E-state index in [0.29, 0.717) is 18.2 Å². The second-order valence-electron chi connectivity index (χ2n) is 3.66. The second-order valence-corrected chi connectivity index (χ2v) is 4.10. The molecule has 0 bridgehead atoms. The minimum Gasteiger partial charge on any atom is -0.392 e. The Hall–Kier alpha value is -1.03. The molecule has 17 heavy (non-hydrogen) atoms. The molecule has 0 aliphatic rings. The molecule has 1 N–H and O–H groups in total. The van der Waals surface area contributed by atoms with Gasteiger partial charge in [0.05, 0.1) is 13.2 Å². The van der Waals surface area contributed by atoms with Gasteiger partial charge in [-0.1, -0.05) is 17.7 Å². The summed E-state index contributed by atoms with van der Waals surface area (Å²) >= 11 is 5.91. The van der Waals surface area contributed by atoms with Crippen LogP contribution in [0.2, 0.25) is 5.02 Å². The highest BCUT2D eigenvalue weighted by atomic mass is 35.5. The Morgan fingerprint density at radius 2 is 2.29 bits per heavy atom. The van der Waals surface area contributed by atoms with Gasteiger partial charge in [-0.15, -0.1) is 6.58 Å². The number of benzene rings is 1. The maximum Gasteiger partial charge on any atom is 0.0702 e. The minimum absolute atomic E-state index is 0.0312. The van der Waals surface area contributed by atoms with Gasteiger partial charge >= 0.3 is 0 Å². The van der Waals surface area contributed by atoms with Gasteiger partial charge in [0.15, 0.2) is 0 Å². The van der Waals surface area contributed by atoms with Crippen LogP contribution in [-0.2, 0) is 11.3 Å². The zero-order valence-corrected chi connectivity index (χ0v) is 10.8. The number of ether oxygens (including phenoxy) is 1. The van der Waals surface area contributed by atoms with E-state index in [-0.39, 0.29) is 6.61 Å². The van der Waals surface area contributed by atoms with E-state index in [0.717, 1.165) is 17.8 Å². The molecule has 0 spiro atoms. The molecule has 1 aromatic carbocycles. The normalized spacial score (nSPS) is 10.3. The fourth-order valence-electron chi connectivity index (χ4n) is 1.66. The van der Waals surface area contributed by atoms with Crippen LogP contribution in [0.3, 0.4) is 0 Å². The second kappa shape index (κ2) is 7.33. The third kappa shape index (κ3) is 4.04. The molecule has 4 heteroatoms. The first-order chi connectivity index (χ1) is 8.22. The van der Waals surface area contributed by atoms with Gasteiger partial charge in [-0.25, -0.2) is 0 Å². The summed E-state index contributed by atoms with van der Waals surface area (Å²) < 4.78 is 5.07. The van der Waals surface area contributed by atoms with Crippen LogP contribution in [-0.4, -0.2) is 31.9 Å². The molecule has 0 saturated heterocycles. The number of rotatable bonds is 7. The number of aliphatic hydroxyl groups excluding tert-OH is 1. The predicted molar refractivity (Wildman–Crippen MR) is 71.7 cm³/mol. The Kier molecular flexibility index (Phi) is 6.05. The molecule has 0 fully saturated rings. The van der Waals surface area contributed by atoms with Crippen molar-refractivity contribution in [1.29, 1.82) is 0 Å². The number of halogens is 1. The maximum absolute atomic E-state index is 9.34. The van der Waals surface area contributed by atoms with Gasteiger partial charge in [0.1, 0.15) is 0 Å². The van der Waals surface area contributed by atoms with Gasteiger partial charge in [0.2, 0.25) is 0 Å². The summed E-state index contributed by atoms with van der Waals surface area (Å²) in [7, 11) is 1.67. The number of hydrogen-bond acceptors (Lipinski definition) is 3. The molecule has 0 saturated carbocycles. The van der Waals surface area contributed by atoms with E-state index >= 15 is 0 Å². The van der Waals surface area contributed by atoms with Crippen LogP contribution in [0.15, 0.2) is 30.9 Å². The van der Waals surface area contributed by atoms with Crippen molar-refractivity contribution in [2.45, 2.75) is 6.61 Å². The lowest BCUT2D eigenvalue weighted by atomic mass is 10.1. The minimum atomic E-state index is -0.0312. The number of hydrogen-bond donors (Lipinski definition) is 1. The first kappa shape index (κ1) is 14.0. The number of anilines is 1. The predicted octanol–water partition coefficient (Wildman–Crippen LogP) is 2.47. The molecule has 0 aromatic heterocycles. The number of aliphatic hydroxyl groups is 1. The smallest absolute Gasteiger partial charge is 0.0702 e. The SMILES string of the molecule is C=CCN(CCOC)c1ccc(Cl)cc1CO. The summed E-state index contributed by atoms with van der Waals surface area (Å²) in [6, 6.07) is 5.51. The lowest BCUT2D eigenvalue weighted by Gasteiger charge is -2.25. The van der Waals surface area contributed by atoms with E-state index in [1.165, 1.54) is 0 Å². The highest BCUT2D eigenvalue weighted by Gasteiger charge is 2.09. The van der Waals surface area contributed by atoms with E-state index in [2.05, 4.69) is 11.5 Å². The third-order valence-electron chi connectivity index (χ3n) is 2.47. The molecule has 1 rings (SSSR count). The zero-order chi connectivity index (χ0) is 12.7. The quantitative estimate of drug-likeness (QED) is 0.760. The molecule has 0 aliphatic heterocycles. The van der Waals surface area contributed by atoms with Crippen LogP contribution in [0.5, 0.6) is 0 Å². The van der Waals surface area contributed by atoms with Crippen molar-refractivity contribution >= 4 is 17.3 Å². The van der Waals surface area contributed by atoms with Crippen molar-refractivity contribution in [3.8, 4) is 0 Å². The Morgan fingerprint density at radius 3 is 2.88 bits per heavy atom. The standard InChI is InChI=1S/C13H18ClNO2/c1-3-6-15(7-8-17-2)13-5-4-12(14)9-11(13)10-16/h3-5,9,16H,1,6-8,10H2,2H3. The molecule has 0 atom stereocenters. The van der Waals surface area contributed by atoms with Crippen molar-refractivity contribution < 1.29 is 9.84 Å². The summed E-state index contributed by atoms with van der Waals surface area (Å²) in [4.78, 5) is 2.10. The Balaban J connectivity index is 2.95. The highest BCUT2D eigenvalue weighted by Crippen LogP contribution is 2.24. The molecule has 3 nitrogen and oxygen atoms in total. The lowest BCUT2D eigenvalue weighted by Crippen LogP contribution is -2.28. The van der Waals surface area contributed by atoms with Crippen molar-refractivity contribution in [1.82, 2.24) is 0 Å². The van der Waals surface area contributed by atoms with E-state index in [1.54, 1.807) is 13.2 Å². The van der Waals surface area contributed by atoms with Gasteiger partial charge in [0.25, 0.3) is 0 Å². The fourth-order valence-corrected chi connectivity index (χ4v) is 1.85. The number of methoxy groups -OCH3 is 1. The molecule has 1 aromatic rings. The Bertz CT molecular complexity index is 368. The van der Waals surface area contributed by atoms with Gasteiger partial charge in [0, 0.05) is 36.5 Å². The number of nitrogens with zero attached hydrogens (tertiary/aromatic N) is 1. The van der Waals surface area contributed by atoms with Gasteiger partial charge in [-0.3, -0.25) is 0 Å². The summed E-state index contributed by atoms with van der Waals surface area (Å²) in [5.41, 5.74) is 1.78. The van der Waals surface area contributed by atoms with Crippen molar-refractivity contribution in [2.75, 3.05) is 31.7 Å². The molecule has 0 radical (unpaired) electrons. The van der Waals surface area contributed by atoms with Crippen LogP contribution < -0.4 is 4.90 Å². The van der Waals surface area contributed by atoms with Gasteiger partial charge in [-0.05, 0) is 18.2 Å². The monoisotopic (exact) mass is 255 g/mol. The maximum atomic E-state index is 9.34. The van der Waals surface area contributed by atoms with E-state index in [1.807, 2.05) is 18.2 Å². The van der Waals surface area contributed by atoms with E-state index < -0.39 is 0 Å². The van der Waals surface area contributed by atoms with Gasteiger partial charge in [-0.2, -0.15) is 0 Å². The molecule has 94 valence electrons. The zero-order valence-electron chi connectivity index (χ0n) is 10.0. The van der Waals surface area contributed by atoms with Crippen LogP contribution in [0.1, 0.15) is 5.56 Å². The van der Waals surface area contributed by atoms with E-state index in [9.17, 15) is 5.11 Å². The third-order valence-corrected chi connectivity index (χ3v) is 2.70. The first-order valence-corrected chi connectivity index (χ1v) is 5.84. The van der Waals surface area contributed by atoms with Crippen molar-refractivity contribution in [3.63, 3.8) is 0 Å². The van der Waals surface area contributed by atoms with Crippen molar-refractivity contribution in [3.05, 3.63) is 41.4 Å². The van der Waals surface area contributed by atoms with E-state index in [4.69, 9.17) is 16.3 Å². The average molecular weight is 256 g/mol. The van der Waals surface area contributed by atoms with Crippen LogP contribution in [0, 0.1) is 0 Å². The topological polar surface area (TPSA) is 32.7 Å². The van der Waals surface area contributed by atoms with Gasteiger partial charge < -0.3 is 14.7 Å². The fraction of sp³-hybridized carbons (Fsp3) is 0.385. The summed E-state index contributed by atoms with van der Waals surface area (Å²) in [5.74, 6) is 0. The molecule has 0 aliphatic carbocycles. The summed E-state index contributed by atoms with van der Waals surface area (Å²) in [5, 5.41) is 9.97. The Morgan fingerprint density at radius 1 is 1.53 bits per heavy atom. The van der Waals surface area contributed by atoms with Crippen LogP contribution in [0.25, 0.3) is 0 Å². The van der Waals surface area contributed by atoms with Crippen LogP contribution in [0.4, 0.5) is 5.69 Å². The first-order valence-electron chi connectivity index (χ1n) is 5.47. The molecule has 0 amide bonds. The Labute approximate surface area is 107 Å². The lowest BCUT2D eigenvalue weighted by molar-refractivity contribution is 0.205. The molecule has 0 unspecified atom stereocenters. The highest BCUT2D eigenvalue weighted by molar-refractivity contribution is 6.30. The molecular formula is C13H18ClNO2. The van der Waals surface area contributed by atoms with Crippen molar-refractivity contribution in [2.24, 2.45) is 0 Å². The van der Waals surface area contributed by atoms with Crippen LogP contribution >= 0.6 is 11.6 Å². The molecule has 0 heterocycles.